The Balaban J connectivity index is 2.32. The van der Waals surface area contributed by atoms with E-state index < -0.39 is 10.0 Å². The Bertz CT molecular complexity index is 682. The summed E-state index contributed by atoms with van der Waals surface area (Å²) in [6.07, 6.45) is 0. The Labute approximate surface area is 119 Å². The number of hydrogen-bond acceptors (Lipinski definition) is 3. The minimum Gasteiger partial charge on any atom is -0.385 e. The molecule has 0 unspecified atom stereocenters. The highest BCUT2D eigenvalue weighted by Crippen LogP contribution is 2.23. The van der Waals surface area contributed by atoms with Crippen molar-refractivity contribution in [3.63, 3.8) is 0 Å². The molecule has 0 aromatic heterocycles. The molecular weight excluding hydrogens is 272 g/mol. The molecule has 0 radical (unpaired) electrons. The first kappa shape index (κ1) is 14.4. The second-order valence-corrected chi connectivity index (χ2v) is 6.16. The zero-order valence-corrected chi connectivity index (χ0v) is 12.4. The van der Waals surface area contributed by atoms with E-state index in [4.69, 9.17) is 0 Å². The van der Waals surface area contributed by atoms with Gasteiger partial charge >= 0.3 is 0 Å². The van der Waals surface area contributed by atoms with Gasteiger partial charge in [0.15, 0.2) is 0 Å². The minimum atomic E-state index is -3.55. The molecule has 2 aromatic carbocycles. The molecule has 0 aliphatic carbocycles. The van der Waals surface area contributed by atoms with Crippen molar-refractivity contribution in [3.05, 3.63) is 54.1 Å². The van der Waals surface area contributed by atoms with Crippen LogP contribution in [-0.2, 0) is 10.0 Å². The molecule has 2 aromatic rings. The molecule has 0 fully saturated rings. The molecule has 0 spiro atoms. The first-order valence-electron chi connectivity index (χ1n) is 6.45. The van der Waals surface area contributed by atoms with Crippen molar-refractivity contribution in [1.29, 1.82) is 0 Å². The first-order valence-corrected chi connectivity index (χ1v) is 7.93. The molecule has 0 amide bonds. The molecule has 0 bridgehead atoms. The maximum atomic E-state index is 12.3. The third-order valence-corrected chi connectivity index (χ3v) is 4.30. The number of aryl methyl sites for hydroxylation is 1. The minimum absolute atomic E-state index is 0.258. The summed E-state index contributed by atoms with van der Waals surface area (Å²) >= 11 is 0. The van der Waals surface area contributed by atoms with Gasteiger partial charge in [0.25, 0.3) is 10.0 Å². The number of nitrogens with one attached hydrogen (secondary N) is 2. The van der Waals surface area contributed by atoms with Gasteiger partial charge in [-0.25, -0.2) is 8.42 Å². The predicted molar refractivity (Wildman–Crippen MR) is 82.6 cm³/mol. The number of sulfonamides is 1. The molecule has 4 nitrogen and oxygen atoms in total. The maximum absolute atomic E-state index is 12.3. The van der Waals surface area contributed by atoms with Crippen molar-refractivity contribution in [2.24, 2.45) is 0 Å². The molecule has 5 heteroatoms. The van der Waals surface area contributed by atoms with E-state index in [0.29, 0.717) is 5.69 Å². The van der Waals surface area contributed by atoms with Gasteiger partial charge in [0.05, 0.1) is 10.6 Å². The van der Waals surface area contributed by atoms with Crippen LogP contribution in [0.25, 0.3) is 0 Å². The molecule has 20 heavy (non-hydrogen) atoms. The van der Waals surface area contributed by atoms with Crippen molar-refractivity contribution in [3.8, 4) is 0 Å². The average molecular weight is 290 g/mol. The Morgan fingerprint density at radius 2 is 1.75 bits per heavy atom. The van der Waals surface area contributed by atoms with Gasteiger partial charge in [-0.05, 0) is 43.7 Å². The van der Waals surface area contributed by atoms with E-state index in [9.17, 15) is 8.42 Å². The fraction of sp³-hybridized carbons (Fsp3) is 0.200. The van der Waals surface area contributed by atoms with Crippen LogP contribution in [0.2, 0.25) is 0 Å². The van der Waals surface area contributed by atoms with Crippen LogP contribution in [0.5, 0.6) is 0 Å². The maximum Gasteiger partial charge on any atom is 0.261 e. The van der Waals surface area contributed by atoms with Crippen LogP contribution in [-0.4, -0.2) is 15.0 Å². The van der Waals surface area contributed by atoms with Crippen molar-refractivity contribution < 1.29 is 8.42 Å². The van der Waals surface area contributed by atoms with Crippen molar-refractivity contribution in [1.82, 2.24) is 0 Å². The van der Waals surface area contributed by atoms with Gasteiger partial charge in [-0.2, -0.15) is 0 Å². The highest BCUT2D eigenvalue weighted by Gasteiger charge is 2.14. The fourth-order valence-corrected chi connectivity index (χ4v) is 2.99. The molecule has 0 aliphatic rings. The van der Waals surface area contributed by atoms with Crippen LogP contribution in [0.1, 0.15) is 12.5 Å². The van der Waals surface area contributed by atoms with E-state index in [2.05, 4.69) is 10.0 Å². The molecule has 2 N–H and O–H groups in total. The Morgan fingerprint density at radius 3 is 2.40 bits per heavy atom. The van der Waals surface area contributed by atoms with E-state index in [-0.39, 0.29) is 4.90 Å². The second-order valence-electron chi connectivity index (χ2n) is 4.48. The van der Waals surface area contributed by atoms with Gasteiger partial charge in [-0.1, -0.05) is 24.3 Å². The van der Waals surface area contributed by atoms with Crippen molar-refractivity contribution >= 4 is 21.4 Å². The molecule has 0 heterocycles. The van der Waals surface area contributed by atoms with Crippen LogP contribution in [0.15, 0.2) is 53.4 Å². The van der Waals surface area contributed by atoms with Crippen LogP contribution in [0.4, 0.5) is 11.4 Å². The summed E-state index contributed by atoms with van der Waals surface area (Å²) < 4.78 is 27.2. The topological polar surface area (TPSA) is 58.2 Å². The molecule has 0 aliphatic heterocycles. The summed E-state index contributed by atoms with van der Waals surface area (Å²) in [5.41, 5.74) is 2.36. The number of hydrogen-bond donors (Lipinski definition) is 2. The number of rotatable bonds is 5. The summed E-state index contributed by atoms with van der Waals surface area (Å²) in [6, 6.07) is 14.0. The highest BCUT2D eigenvalue weighted by molar-refractivity contribution is 7.92. The second kappa shape index (κ2) is 5.96. The highest BCUT2D eigenvalue weighted by atomic mass is 32.2. The Morgan fingerprint density at radius 1 is 1.05 bits per heavy atom. The third kappa shape index (κ3) is 3.30. The largest absolute Gasteiger partial charge is 0.385 e. The summed E-state index contributed by atoms with van der Waals surface area (Å²) in [5.74, 6) is 0. The summed E-state index contributed by atoms with van der Waals surface area (Å²) in [7, 11) is -3.55. The van der Waals surface area contributed by atoms with Gasteiger partial charge in [0.1, 0.15) is 0 Å². The summed E-state index contributed by atoms with van der Waals surface area (Å²) in [5, 5.41) is 3.17. The molecule has 0 saturated carbocycles. The number of anilines is 2. The molecule has 0 atom stereocenters. The van der Waals surface area contributed by atoms with E-state index in [0.717, 1.165) is 17.8 Å². The molecule has 0 saturated heterocycles. The lowest BCUT2D eigenvalue weighted by molar-refractivity contribution is 0.601. The normalized spacial score (nSPS) is 11.1. The zero-order chi connectivity index (χ0) is 14.6. The third-order valence-electron chi connectivity index (χ3n) is 2.92. The van der Waals surface area contributed by atoms with Crippen LogP contribution >= 0.6 is 0 Å². The lowest BCUT2D eigenvalue weighted by Crippen LogP contribution is -2.14. The predicted octanol–water partition coefficient (Wildman–Crippen LogP) is 3.23. The zero-order valence-electron chi connectivity index (χ0n) is 11.6. The lowest BCUT2D eigenvalue weighted by Gasteiger charge is -2.12. The molecular formula is C15H18N2O2S. The monoisotopic (exact) mass is 290 g/mol. The van der Waals surface area contributed by atoms with E-state index in [1.807, 2.05) is 26.0 Å². The van der Waals surface area contributed by atoms with E-state index in [1.54, 1.807) is 36.4 Å². The van der Waals surface area contributed by atoms with Crippen LogP contribution in [0.3, 0.4) is 0 Å². The number of benzene rings is 2. The Hall–Kier alpha value is -2.01. The average Bonchev–Trinajstić information content (AvgIpc) is 2.44. The molecule has 2 rings (SSSR count). The van der Waals surface area contributed by atoms with Gasteiger partial charge in [-0.15, -0.1) is 0 Å². The van der Waals surface area contributed by atoms with Crippen molar-refractivity contribution in [2.45, 2.75) is 18.7 Å². The molecule has 106 valence electrons. The summed E-state index contributed by atoms with van der Waals surface area (Å²) in [6.45, 7) is 4.65. The van der Waals surface area contributed by atoms with Gasteiger partial charge in [0.2, 0.25) is 0 Å². The van der Waals surface area contributed by atoms with Crippen LogP contribution in [0, 0.1) is 6.92 Å². The first-order chi connectivity index (χ1) is 9.53. The lowest BCUT2D eigenvalue weighted by atomic mass is 10.2. The van der Waals surface area contributed by atoms with Gasteiger partial charge < -0.3 is 5.32 Å². The van der Waals surface area contributed by atoms with Gasteiger partial charge in [-0.3, -0.25) is 4.72 Å². The Kier molecular flexibility index (Phi) is 4.29. The fourth-order valence-electron chi connectivity index (χ4n) is 1.85. The van der Waals surface area contributed by atoms with Crippen LogP contribution < -0.4 is 10.0 Å². The summed E-state index contributed by atoms with van der Waals surface area (Å²) in [4.78, 5) is 0.258. The smallest absolute Gasteiger partial charge is 0.261 e. The van der Waals surface area contributed by atoms with E-state index in [1.165, 1.54) is 0 Å². The van der Waals surface area contributed by atoms with Gasteiger partial charge in [0, 0.05) is 12.2 Å². The van der Waals surface area contributed by atoms with E-state index >= 15 is 0 Å². The SMILES string of the molecule is CCNc1ccc(C)c(NS(=O)(=O)c2ccccc2)c1. The quantitative estimate of drug-likeness (QED) is 0.889. The standard InChI is InChI=1S/C15H18N2O2S/c1-3-16-13-10-9-12(2)15(11-13)17-20(18,19)14-7-5-4-6-8-14/h4-11,16-17H,3H2,1-2H3. The van der Waals surface area contributed by atoms with Crippen molar-refractivity contribution in [2.75, 3.05) is 16.6 Å².